The molecule has 1 fully saturated rings. The molecule has 0 bridgehead atoms. The Morgan fingerprint density at radius 1 is 1.38 bits per heavy atom. The quantitative estimate of drug-likeness (QED) is 0.858. The monoisotopic (exact) mass is 279 g/mol. The number of halogens is 1. The van der Waals surface area contributed by atoms with Gasteiger partial charge in [-0.05, 0) is 37.5 Å². The van der Waals surface area contributed by atoms with E-state index in [1.54, 1.807) is 0 Å². The number of benzene rings is 1. The van der Waals surface area contributed by atoms with Crippen LogP contribution in [0.4, 0.5) is 5.69 Å². The molecule has 1 saturated carbocycles. The summed E-state index contributed by atoms with van der Waals surface area (Å²) in [6.45, 7) is 0.853. The maximum atomic E-state index is 6.01. The minimum absolute atomic E-state index is 0.185. The molecule has 0 atom stereocenters. The van der Waals surface area contributed by atoms with Crippen molar-refractivity contribution in [2.24, 2.45) is 10.7 Å². The molecule has 3 nitrogen and oxygen atoms in total. The van der Waals surface area contributed by atoms with Gasteiger partial charge in [0, 0.05) is 10.2 Å². The van der Waals surface area contributed by atoms with Gasteiger partial charge in [0.2, 0.25) is 0 Å². The van der Waals surface area contributed by atoms with E-state index in [2.05, 4.69) is 38.0 Å². The van der Waals surface area contributed by atoms with Crippen LogP contribution in [0.1, 0.15) is 19.3 Å². The summed E-state index contributed by atoms with van der Waals surface area (Å²) in [6, 6.07) is 8.27. The van der Waals surface area contributed by atoms with Gasteiger partial charge in [-0.15, -0.1) is 0 Å². The number of nitrogens with two attached hydrogens (primary N) is 1. The summed E-state index contributed by atoms with van der Waals surface area (Å²) in [4.78, 5) is 6.61. The first-order chi connectivity index (χ1) is 7.71. The number of hydrogen-bond acceptors (Lipinski definition) is 3. The van der Waals surface area contributed by atoms with Crippen LogP contribution in [0.2, 0.25) is 0 Å². The second-order valence-corrected chi connectivity index (χ2v) is 5.48. The molecule has 1 spiro atoms. The number of anilines is 1. The van der Waals surface area contributed by atoms with Gasteiger partial charge in [-0.25, -0.2) is 0 Å². The third kappa shape index (κ3) is 1.36. The first-order valence-electron chi connectivity index (χ1n) is 5.57. The van der Waals surface area contributed by atoms with Crippen LogP contribution in [-0.4, -0.2) is 18.0 Å². The smallest absolute Gasteiger partial charge is 0.196 e. The van der Waals surface area contributed by atoms with Gasteiger partial charge in [0.25, 0.3) is 0 Å². The van der Waals surface area contributed by atoms with Gasteiger partial charge in [-0.2, -0.15) is 0 Å². The van der Waals surface area contributed by atoms with E-state index in [1.807, 2.05) is 12.1 Å². The second kappa shape index (κ2) is 3.48. The Morgan fingerprint density at radius 3 is 2.81 bits per heavy atom. The standard InChI is InChI=1S/C12H14BrN3/c13-9-3-1-4-10(7-9)16-11(14)15-8-12(16)5-2-6-12/h1,3-4,7H,2,5-6,8H2,(H2,14,15). The van der Waals surface area contributed by atoms with Crippen LogP contribution in [0.15, 0.2) is 33.7 Å². The summed E-state index contributed by atoms with van der Waals surface area (Å²) in [7, 11) is 0. The molecule has 0 amide bonds. The minimum atomic E-state index is 0.185. The molecule has 0 aromatic heterocycles. The van der Waals surface area contributed by atoms with E-state index >= 15 is 0 Å². The highest BCUT2D eigenvalue weighted by atomic mass is 79.9. The zero-order chi connectivity index (χ0) is 11.2. The Labute approximate surface area is 103 Å². The molecule has 1 aliphatic carbocycles. The molecule has 2 aliphatic rings. The topological polar surface area (TPSA) is 41.6 Å². The fourth-order valence-corrected chi connectivity index (χ4v) is 2.99. The Hall–Kier alpha value is -1.03. The molecule has 0 radical (unpaired) electrons. The lowest BCUT2D eigenvalue weighted by molar-refractivity contribution is 0.272. The highest BCUT2D eigenvalue weighted by molar-refractivity contribution is 9.10. The molecule has 1 aliphatic heterocycles. The molecule has 84 valence electrons. The Kier molecular flexibility index (Phi) is 2.21. The van der Waals surface area contributed by atoms with Gasteiger partial charge in [0.1, 0.15) is 0 Å². The van der Waals surface area contributed by atoms with Crippen LogP contribution < -0.4 is 10.6 Å². The van der Waals surface area contributed by atoms with Crippen LogP contribution in [0.3, 0.4) is 0 Å². The normalized spacial score (nSPS) is 22.1. The summed E-state index contributed by atoms with van der Waals surface area (Å²) >= 11 is 3.50. The summed E-state index contributed by atoms with van der Waals surface area (Å²) in [5.74, 6) is 0.665. The molecule has 3 rings (SSSR count). The maximum Gasteiger partial charge on any atom is 0.196 e. The predicted molar refractivity (Wildman–Crippen MR) is 69.7 cm³/mol. The number of hydrogen-bond donors (Lipinski definition) is 1. The van der Waals surface area contributed by atoms with Crippen LogP contribution in [0.5, 0.6) is 0 Å². The molecular formula is C12H14BrN3. The van der Waals surface area contributed by atoms with E-state index in [9.17, 15) is 0 Å². The van der Waals surface area contributed by atoms with Crippen molar-refractivity contribution in [3.05, 3.63) is 28.7 Å². The fraction of sp³-hybridized carbons (Fsp3) is 0.417. The fourth-order valence-electron chi connectivity index (χ4n) is 2.60. The Balaban J connectivity index is 2.01. The lowest BCUT2D eigenvalue weighted by Crippen LogP contribution is -2.56. The maximum absolute atomic E-state index is 6.01. The van der Waals surface area contributed by atoms with Crippen molar-refractivity contribution in [1.82, 2.24) is 0 Å². The number of aliphatic imine (C=N–C) groups is 1. The average molecular weight is 280 g/mol. The van der Waals surface area contributed by atoms with Gasteiger partial charge in [0.05, 0.1) is 12.1 Å². The SMILES string of the molecule is NC1=NCC2(CCC2)N1c1cccc(Br)c1. The van der Waals surface area contributed by atoms with Crippen molar-refractivity contribution in [2.45, 2.75) is 24.8 Å². The summed E-state index contributed by atoms with van der Waals surface area (Å²) in [5.41, 5.74) is 7.34. The van der Waals surface area contributed by atoms with Crippen molar-refractivity contribution in [1.29, 1.82) is 0 Å². The molecular weight excluding hydrogens is 266 g/mol. The van der Waals surface area contributed by atoms with E-state index in [1.165, 1.54) is 19.3 Å². The van der Waals surface area contributed by atoms with Crippen LogP contribution in [0, 0.1) is 0 Å². The molecule has 0 saturated heterocycles. The van der Waals surface area contributed by atoms with Crippen molar-refractivity contribution >= 4 is 27.6 Å². The van der Waals surface area contributed by atoms with Crippen molar-refractivity contribution in [2.75, 3.05) is 11.4 Å². The predicted octanol–water partition coefficient (Wildman–Crippen LogP) is 2.51. The van der Waals surface area contributed by atoms with Gasteiger partial charge in [0.15, 0.2) is 5.96 Å². The molecule has 1 aromatic carbocycles. The second-order valence-electron chi connectivity index (χ2n) is 4.57. The third-order valence-corrected chi connectivity index (χ3v) is 4.08. The molecule has 4 heteroatoms. The molecule has 2 N–H and O–H groups in total. The molecule has 1 aromatic rings. The zero-order valence-electron chi connectivity index (χ0n) is 8.99. The van der Waals surface area contributed by atoms with Crippen LogP contribution in [0.25, 0.3) is 0 Å². The van der Waals surface area contributed by atoms with E-state index < -0.39 is 0 Å². The van der Waals surface area contributed by atoms with Gasteiger partial charge in [-0.1, -0.05) is 22.0 Å². The molecule has 1 heterocycles. The molecule has 16 heavy (non-hydrogen) atoms. The number of guanidine groups is 1. The number of nitrogens with zero attached hydrogens (tertiary/aromatic N) is 2. The van der Waals surface area contributed by atoms with E-state index in [0.29, 0.717) is 5.96 Å². The van der Waals surface area contributed by atoms with Crippen LogP contribution >= 0.6 is 15.9 Å². The van der Waals surface area contributed by atoms with E-state index in [4.69, 9.17) is 5.73 Å². The lowest BCUT2D eigenvalue weighted by Gasteiger charge is -2.46. The average Bonchev–Trinajstić information content (AvgIpc) is 2.55. The number of rotatable bonds is 1. The van der Waals surface area contributed by atoms with Gasteiger partial charge in [-0.3, -0.25) is 4.99 Å². The van der Waals surface area contributed by atoms with Crippen molar-refractivity contribution in [3.63, 3.8) is 0 Å². The zero-order valence-corrected chi connectivity index (χ0v) is 10.6. The molecule has 0 unspecified atom stereocenters. The van der Waals surface area contributed by atoms with Gasteiger partial charge >= 0.3 is 0 Å². The van der Waals surface area contributed by atoms with E-state index in [0.717, 1.165) is 16.7 Å². The van der Waals surface area contributed by atoms with Gasteiger partial charge < -0.3 is 10.6 Å². The summed E-state index contributed by atoms with van der Waals surface area (Å²) in [5, 5.41) is 0. The minimum Gasteiger partial charge on any atom is -0.369 e. The Morgan fingerprint density at radius 2 is 2.19 bits per heavy atom. The van der Waals surface area contributed by atoms with E-state index in [-0.39, 0.29) is 5.54 Å². The first kappa shape index (κ1) is 10.1. The highest BCUT2D eigenvalue weighted by Crippen LogP contribution is 2.43. The third-order valence-electron chi connectivity index (χ3n) is 3.59. The Bertz CT molecular complexity index is 451. The van der Waals surface area contributed by atoms with Crippen molar-refractivity contribution < 1.29 is 0 Å². The lowest BCUT2D eigenvalue weighted by atomic mass is 9.76. The largest absolute Gasteiger partial charge is 0.369 e. The van der Waals surface area contributed by atoms with Crippen LogP contribution in [-0.2, 0) is 0 Å². The van der Waals surface area contributed by atoms with Crippen molar-refractivity contribution in [3.8, 4) is 0 Å². The summed E-state index contributed by atoms with van der Waals surface area (Å²) < 4.78 is 1.08. The summed E-state index contributed by atoms with van der Waals surface area (Å²) in [6.07, 6.45) is 3.68. The first-order valence-corrected chi connectivity index (χ1v) is 6.36. The highest BCUT2D eigenvalue weighted by Gasteiger charge is 2.47.